The molecule has 2 heterocycles. The third-order valence-corrected chi connectivity index (χ3v) is 5.16. The second-order valence-electron chi connectivity index (χ2n) is 5.45. The smallest absolute Gasteiger partial charge is 0.246 e. The topological polar surface area (TPSA) is 34.1 Å². The standard InChI is InChI=1S/C7H14NOS.C5H8OS.HI/c1-8(2,3)6-4-5-10-7(6)9;1-4-2-3-7-5(4)6;/h6H,4-5H2,1-3H3;4H,2-3H2,1H3;1H/q+1;;/p-1. The summed E-state index contributed by atoms with van der Waals surface area (Å²) in [5.41, 5.74) is 0. The van der Waals surface area contributed by atoms with Crippen LogP contribution < -0.4 is 24.0 Å². The molecule has 0 saturated carbocycles. The van der Waals surface area contributed by atoms with Gasteiger partial charge in [-0.2, -0.15) is 0 Å². The molecule has 2 aliphatic heterocycles. The van der Waals surface area contributed by atoms with Gasteiger partial charge in [-0.05, 0) is 6.42 Å². The highest BCUT2D eigenvalue weighted by atomic mass is 127. The molecular formula is C12H22INO2S2. The molecule has 0 bridgehead atoms. The number of rotatable bonds is 1. The van der Waals surface area contributed by atoms with E-state index in [2.05, 4.69) is 21.1 Å². The zero-order valence-corrected chi connectivity index (χ0v) is 15.2. The highest BCUT2D eigenvalue weighted by molar-refractivity contribution is 8.14. The molecule has 0 aromatic rings. The lowest BCUT2D eigenvalue weighted by atomic mass is 10.2. The predicted octanol–water partition coefficient (Wildman–Crippen LogP) is -0.985. The van der Waals surface area contributed by atoms with Crippen LogP contribution in [0.15, 0.2) is 0 Å². The van der Waals surface area contributed by atoms with Crippen LogP contribution in [0.3, 0.4) is 0 Å². The first-order valence-electron chi connectivity index (χ1n) is 5.96. The third kappa shape index (κ3) is 5.79. The molecule has 2 aliphatic rings. The Morgan fingerprint density at radius 3 is 1.67 bits per heavy atom. The van der Waals surface area contributed by atoms with E-state index in [1.165, 1.54) is 23.5 Å². The van der Waals surface area contributed by atoms with Gasteiger partial charge in [0.15, 0.2) is 11.2 Å². The van der Waals surface area contributed by atoms with E-state index in [1.807, 2.05) is 6.92 Å². The number of likely N-dealkylation sites (N-methyl/N-ethyl adjacent to an activating group) is 1. The van der Waals surface area contributed by atoms with Crippen LogP contribution in [-0.2, 0) is 9.59 Å². The van der Waals surface area contributed by atoms with Crippen LogP contribution >= 0.6 is 23.5 Å². The normalized spacial score (nSPS) is 27.6. The van der Waals surface area contributed by atoms with Crippen molar-refractivity contribution in [2.45, 2.75) is 25.8 Å². The molecule has 2 unspecified atom stereocenters. The number of nitrogens with zero attached hydrogens (tertiary/aromatic N) is 1. The van der Waals surface area contributed by atoms with Gasteiger partial charge in [-0.3, -0.25) is 9.59 Å². The Morgan fingerprint density at radius 1 is 1.00 bits per heavy atom. The van der Waals surface area contributed by atoms with E-state index in [1.54, 1.807) is 0 Å². The van der Waals surface area contributed by atoms with Crippen LogP contribution in [0, 0.1) is 5.92 Å². The lowest BCUT2D eigenvalue weighted by Crippen LogP contribution is -3.00. The molecule has 6 heteroatoms. The van der Waals surface area contributed by atoms with Gasteiger partial charge in [0.1, 0.15) is 0 Å². The van der Waals surface area contributed by atoms with E-state index in [9.17, 15) is 9.59 Å². The highest BCUT2D eigenvalue weighted by Gasteiger charge is 2.35. The van der Waals surface area contributed by atoms with Crippen LogP contribution in [0.25, 0.3) is 0 Å². The molecule has 0 N–H and O–H groups in total. The summed E-state index contributed by atoms with van der Waals surface area (Å²) >= 11 is 2.94. The fraction of sp³-hybridized carbons (Fsp3) is 0.833. The molecule has 3 nitrogen and oxygen atoms in total. The van der Waals surface area contributed by atoms with Gasteiger partial charge in [-0.25, -0.2) is 0 Å². The molecule has 0 aromatic heterocycles. The summed E-state index contributed by atoms with van der Waals surface area (Å²) in [6.45, 7) is 1.99. The maximum absolute atomic E-state index is 11.2. The summed E-state index contributed by atoms with van der Waals surface area (Å²) < 4.78 is 0.784. The first kappa shape index (κ1) is 18.7. The lowest BCUT2D eigenvalue weighted by Gasteiger charge is -2.29. The van der Waals surface area contributed by atoms with Crippen LogP contribution in [-0.4, -0.2) is 53.4 Å². The van der Waals surface area contributed by atoms with Crippen molar-refractivity contribution in [1.29, 1.82) is 0 Å². The minimum atomic E-state index is 0. The van der Waals surface area contributed by atoms with E-state index in [0.29, 0.717) is 16.1 Å². The second kappa shape index (κ2) is 8.11. The zero-order chi connectivity index (χ0) is 13.1. The number of hydrogen-bond donors (Lipinski definition) is 0. The molecule has 0 aliphatic carbocycles. The average molecular weight is 403 g/mol. The lowest BCUT2D eigenvalue weighted by molar-refractivity contribution is -0.885. The summed E-state index contributed by atoms with van der Waals surface area (Å²) in [5.74, 6) is 2.39. The van der Waals surface area contributed by atoms with E-state index >= 15 is 0 Å². The number of halogens is 1. The Balaban J connectivity index is 0.000000321. The Kier molecular flexibility index (Phi) is 8.44. The summed E-state index contributed by atoms with van der Waals surface area (Å²) in [6.07, 6.45) is 2.14. The van der Waals surface area contributed by atoms with Gasteiger partial charge >= 0.3 is 0 Å². The molecule has 18 heavy (non-hydrogen) atoms. The molecule has 2 fully saturated rings. The van der Waals surface area contributed by atoms with E-state index in [-0.39, 0.29) is 30.0 Å². The number of carbonyl (C=O) groups excluding carboxylic acids is 2. The molecule has 0 aromatic carbocycles. The Bertz CT molecular complexity index is 305. The van der Waals surface area contributed by atoms with Gasteiger partial charge in [-0.1, -0.05) is 30.4 Å². The second-order valence-corrected chi connectivity index (χ2v) is 7.64. The van der Waals surface area contributed by atoms with Crippen molar-refractivity contribution in [3.8, 4) is 0 Å². The van der Waals surface area contributed by atoms with Gasteiger partial charge in [0.05, 0.1) is 21.1 Å². The maximum atomic E-state index is 11.2. The average Bonchev–Trinajstić information content (AvgIpc) is 2.77. The maximum Gasteiger partial charge on any atom is 0.246 e. The summed E-state index contributed by atoms with van der Waals surface area (Å²) in [6, 6.07) is 0.241. The van der Waals surface area contributed by atoms with Gasteiger partial charge in [0, 0.05) is 23.8 Å². The predicted molar refractivity (Wildman–Crippen MR) is 75.1 cm³/mol. The fourth-order valence-corrected chi connectivity index (χ4v) is 4.03. The Labute approximate surface area is 135 Å². The quantitative estimate of drug-likeness (QED) is 0.416. The molecule has 2 rings (SSSR count). The fourth-order valence-electron chi connectivity index (χ4n) is 1.79. The van der Waals surface area contributed by atoms with Crippen molar-refractivity contribution in [3.05, 3.63) is 0 Å². The number of thioether (sulfide) groups is 2. The van der Waals surface area contributed by atoms with E-state index < -0.39 is 0 Å². The van der Waals surface area contributed by atoms with Crippen LogP contribution in [0.5, 0.6) is 0 Å². The minimum absolute atomic E-state index is 0. The van der Waals surface area contributed by atoms with Gasteiger partial charge < -0.3 is 28.5 Å². The van der Waals surface area contributed by atoms with Crippen molar-refractivity contribution in [1.82, 2.24) is 0 Å². The molecular weight excluding hydrogens is 381 g/mol. The summed E-state index contributed by atoms with van der Waals surface area (Å²) in [5, 5.41) is 0.743. The first-order chi connectivity index (χ1) is 7.82. The van der Waals surface area contributed by atoms with Crippen molar-refractivity contribution in [3.63, 3.8) is 0 Å². The summed E-state index contributed by atoms with van der Waals surface area (Å²) in [4.78, 5) is 21.7. The third-order valence-electron chi connectivity index (χ3n) is 3.04. The molecule has 106 valence electrons. The monoisotopic (exact) mass is 403 g/mol. The molecule has 2 atom stereocenters. The van der Waals surface area contributed by atoms with Crippen LogP contribution in [0.1, 0.15) is 19.8 Å². The number of carbonyl (C=O) groups is 2. The molecule has 0 amide bonds. The number of quaternary nitrogens is 1. The minimum Gasteiger partial charge on any atom is -1.00 e. The molecule has 2 saturated heterocycles. The van der Waals surface area contributed by atoms with Crippen LogP contribution in [0.2, 0.25) is 0 Å². The molecule has 0 spiro atoms. The SMILES string of the molecule is CC1CCSC1=O.C[N+](C)(C)C1CCSC1=O.[I-]. The first-order valence-corrected chi connectivity index (χ1v) is 7.94. The van der Waals surface area contributed by atoms with E-state index in [0.717, 1.165) is 28.8 Å². The Morgan fingerprint density at radius 2 is 1.50 bits per heavy atom. The Hall–Kier alpha value is 0.730. The van der Waals surface area contributed by atoms with E-state index in [4.69, 9.17) is 0 Å². The van der Waals surface area contributed by atoms with Crippen molar-refractivity contribution >= 4 is 33.8 Å². The van der Waals surface area contributed by atoms with Crippen molar-refractivity contribution in [2.75, 3.05) is 32.6 Å². The van der Waals surface area contributed by atoms with Gasteiger partial charge in [-0.15, -0.1) is 0 Å². The van der Waals surface area contributed by atoms with Gasteiger partial charge in [0.2, 0.25) is 5.12 Å². The van der Waals surface area contributed by atoms with Crippen LogP contribution in [0.4, 0.5) is 0 Å². The molecule has 0 radical (unpaired) electrons. The summed E-state index contributed by atoms with van der Waals surface area (Å²) in [7, 11) is 6.23. The highest BCUT2D eigenvalue weighted by Crippen LogP contribution is 2.25. The largest absolute Gasteiger partial charge is 1.00 e. The van der Waals surface area contributed by atoms with Crippen molar-refractivity contribution in [2.24, 2.45) is 5.92 Å². The van der Waals surface area contributed by atoms with Crippen molar-refractivity contribution < 1.29 is 38.0 Å². The zero-order valence-electron chi connectivity index (χ0n) is 11.4. The van der Waals surface area contributed by atoms with Gasteiger partial charge in [0.25, 0.3) is 0 Å². The number of hydrogen-bond acceptors (Lipinski definition) is 4.